The van der Waals surface area contributed by atoms with Crippen LogP contribution >= 0.6 is 22.9 Å². The lowest BCUT2D eigenvalue weighted by Crippen LogP contribution is -1.97. The first-order valence-corrected chi connectivity index (χ1v) is 4.91. The molecule has 0 saturated heterocycles. The van der Waals surface area contributed by atoms with Crippen LogP contribution in [0.2, 0.25) is 5.22 Å². The van der Waals surface area contributed by atoms with Crippen molar-refractivity contribution in [2.45, 2.75) is 0 Å². The minimum atomic E-state index is -0.0972. The summed E-state index contributed by atoms with van der Waals surface area (Å²) in [6.45, 7) is 0. The van der Waals surface area contributed by atoms with Crippen molar-refractivity contribution in [3.8, 4) is 0 Å². The van der Waals surface area contributed by atoms with Crippen molar-refractivity contribution in [2.75, 3.05) is 0 Å². The Balaban J connectivity index is 2.39. The van der Waals surface area contributed by atoms with Crippen molar-refractivity contribution in [1.82, 2.24) is 0 Å². The number of carbonyl (C=O) groups excluding carboxylic acids is 1. The third kappa shape index (κ3) is 1.53. The number of halogens is 1. The summed E-state index contributed by atoms with van der Waals surface area (Å²) in [6, 6.07) is 3.33. The van der Waals surface area contributed by atoms with Gasteiger partial charge >= 0.3 is 0 Å². The number of furan rings is 1. The first-order chi connectivity index (χ1) is 6.29. The van der Waals surface area contributed by atoms with Crippen molar-refractivity contribution in [2.24, 2.45) is 0 Å². The van der Waals surface area contributed by atoms with Gasteiger partial charge in [0.1, 0.15) is 0 Å². The van der Waals surface area contributed by atoms with Crippen molar-refractivity contribution in [3.63, 3.8) is 0 Å². The summed E-state index contributed by atoms with van der Waals surface area (Å²) >= 11 is 7.14. The molecule has 0 aromatic carbocycles. The SMILES string of the molecule is O=C(c1ccsc1)c1ccoc1Cl. The fourth-order valence-electron chi connectivity index (χ4n) is 1.00. The van der Waals surface area contributed by atoms with Gasteiger partial charge in [-0.1, -0.05) is 0 Å². The molecule has 2 aromatic rings. The molecule has 0 spiro atoms. The fourth-order valence-corrected chi connectivity index (χ4v) is 1.84. The molecule has 0 unspecified atom stereocenters. The van der Waals surface area contributed by atoms with Crippen molar-refractivity contribution >= 4 is 28.7 Å². The minimum absolute atomic E-state index is 0.0972. The van der Waals surface area contributed by atoms with E-state index in [-0.39, 0.29) is 11.0 Å². The second-order valence-corrected chi connectivity index (χ2v) is 3.57. The van der Waals surface area contributed by atoms with Crippen LogP contribution in [0.25, 0.3) is 0 Å². The molecular weight excluding hydrogens is 208 g/mol. The van der Waals surface area contributed by atoms with E-state index < -0.39 is 0 Å². The molecule has 0 aliphatic heterocycles. The molecule has 0 atom stereocenters. The molecule has 2 aromatic heterocycles. The van der Waals surface area contributed by atoms with E-state index in [1.165, 1.54) is 17.6 Å². The third-order valence-corrected chi connectivity index (χ3v) is 2.62. The van der Waals surface area contributed by atoms with Gasteiger partial charge in [-0.15, -0.1) is 0 Å². The monoisotopic (exact) mass is 212 g/mol. The summed E-state index contributed by atoms with van der Waals surface area (Å²) in [4.78, 5) is 11.7. The molecule has 2 rings (SSSR count). The molecule has 0 N–H and O–H groups in total. The molecule has 0 aliphatic rings. The smallest absolute Gasteiger partial charge is 0.204 e. The second-order valence-electron chi connectivity index (χ2n) is 2.45. The predicted octanol–water partition coefficient (Wildman–Crippen LogP) is 3.23. The molecule has 0 bridgehead atoms. The quantitative estimate of drug-likeness (QED) is 0.716. The number of ketones is 1. The summed E-state index contributed by atoms with van der Waals surface area (Å²) in [5.41, 5.74) is 1.06. The number of thiophene rings is 1. The molecule has 0 aliphatic carbocycles. The average Bonchev–Trinajstić information content (AvgIpc) is 2.72. The molecule has 66 valence electrons. The van der Waals surface area contributed by atoms with E-state index in [0.717, 1.165) is 0 Å². The summed E-state index contributed by atoms with van der Waals surface area (Å²) in [6.07, 6.45) is 1.40. The molecule has 13 heavy (non-hydrogen) atoms. The van der Waals surface area contributed by atoms with Crippen LogP contribution in [-0.2, 0) is 0 Å². The highest BCUT2D eigenvalue weighted by atomic mass is 35.5. The van der Waals surface area contributed by atoms with Gasteiger partial charge in [-0.05, 0) is 29.1 Å². The lowest BCUT2D eigenvalue weighted by atomic mass is 10.1. The van der Waals surface area contributed by atoms with Crippen LogP contribution in [0.4, 0.5) is 0 Å². The number of carbonyl (C=O) groups is 1. The van der Waals surface area contributed by atoms with Crippen LogP contribution in [0.1, 0.15) is 15.9 Å². The minimum Gasteiger partial charge on any atom is -0.452 e. The van der Waals surface area contributed by atoms with Gasteiger partial charge in [0, 0.05) is 10.9 Å². The van der Waals surface area contributed by atoms with Crippen LogP contribution in [0.3, 0.4) is 0 Å². The predicted molar refractivity (Wildman–Crippen MR) is 51.5 cm³/mol. The summed E-state index contributed by atoms with van der Waals surface area (Å²) in [7, 11) is 0. The summed E-state index contributed by atoms with van der Waals surface area (Å²) in [5, 5.41) is 3.78. The maximum Gasteiger partial charge on any atom is 0.204 e. The van der Waals surface area contributed by atoms with Gasteiger partial charge in [0.15, 0.2) is 5.78 Å². The second kappa shape index (κ2) is 3.36. The Morgan fingerprint density at radius 1 is 1.46 bits per heavy atom. The zero-order chi connectivity index (χ0) is 9.26. The van der Waals surface area contributed by atoms with Gasteiger partial charge in [-0.2, -0.15) is 11.3 Å². The third-order valence-electron chi connectivity index (χ3n) is 1.65. The highest BCUT2D eigenvalue weighted by Crippen LogP contribution is 2.21. The number of rotatable bonds is 2. The molecule has 0 radical (unpaired) electrons. The fraction of sp³-hybridized carbons (Fsp3) is 0. The Labute approximate surface area is 83.8 Å². The van der Waals surface area contributed by atoms with E-state index in [1.54, 1.807) is 17.5 Å². The van der Waals surface area contributed by atoms with Crippen LogP contribution in [0, 0.1) is 0 Å². The van der Waals surface area contributed by atoms with Gasteiger partial charge in [-0.3, -0.25) is 4.79 Å². The Kier molecular flexibility index (Phi) is 2.20. The Morgan fingerprint density at radius 3 is 2.85 bits per heavy atom. The normalized spacial score (nSPS) is 10.2. The van der Waals surface area contributed by atoms with Crippen LogP contribution < -0.4 is 0 Å². The van der Waals surface area contributed by atoms with E-state index in [4.69, 9.17) is 16.0 Å². The van der Waals surface area contributed by atoms with Gasteiger partial charge in [-0.25, -0.2) is 0 Å². The lowest BCUT2D eigenvalue weighted by molar-refractivity contribution is 0.103. The standard InChI is InChI=1S/C9H5ClO2S/c10-9-7(1-3-12-9)8(11)6-2-4-13-5-6/h1-5H. The highest BCUT2D eigenvalue weighted by molar-refractivity contribution is 7.08. The Hall–Kier alpha value is -1.06. The summed E-state index contributed by atoms with van der Waals surface area (Å²) < 4.78 is 4.83. The molecule has 4 heteroatoms. The number of hydrogen-bond acceptors (Lipinski definition) is 3. The topological polar surface area (TPSA) is 30.2 Å². The van der Waals surface area contributed by atoms with Gasteiger partial charge in [0.05, 0.1) is 11.8 Å². The first kappa shape index (κ1) is 8.53. The van der Waals surface area contributed by atoms with Gasteiger partial charge < -0.3 is 4.42 Å². The van der Waals surface area contributed by atoms with E-state index in [0.29, 0.717) is 11.1 Å². The van der Waals surface area contributed by atoms with E-state index >= 15 is 0 Å². The van der Waals surface area contributed by atoms with Crippen LogP contribution in [0.15, 0.2) is 33.6 Å². The van der Waals surface area contributed by atoms with E-state index in [9.17, 15) is 4.79 Å². The zero-order valence-electron chi connectivity index (χ0n) is 6.49. The Morgan fingerprint density at radius 2 is 2.31 bits per heavy atom. The average molecular weight is 213 g/mol. The Bertz CT molecular complexity index is 417. The highest BCUT2D eigenvalue weighted by Gasteiger charge is 2.14. The van der Waals surface area contributed by atoms with Crippen molar-refractivity contribution < 1.29 is 9.21 Å². The molecule has 0 saturated carbocycles. The molecule has 0 fully saturated rings. The zero-order valence-corrected chi connectivity index (χ0v) is 8.06. The number of hydrogen-bond donors (Lipinski definition) is 0. The van der Waals surface area contributed by atoms with E-state index in [2.05, 4.69) is 0 Å². The molecule has 2 heterocycles. The lowest BCUT2D eigenvalue weighted by Gasteiger charge is -1.92. The largest absolute Gasteiger partial charge is 0.452 e. The maximum atomic E-state index is 11.7. The molecular formula is C9H5ClO2S. The van der Waals surface area contributed by atoms with Crippen molar-refractivity contribution in [3.05, 3.63) is 45.5 Å². The van der Waals surface area contributed by atoms with Crippen molar-refractivity contribution in [1.29, 1.82) is 0 Å². The van der Waals surface area contributed by atoms with Crippen LogP contribution in [0.5, 0.6) is 0 Å². The first-order valence-electron chi connectivity index (χ1n) is 3.59. The maximum absolute atomic E-state index is 11.7. The molecule has 2 nitrogen and oxygen atoms in total. The summed E-state index contributed by atoms with van der Waals surface area (Å²) in [5.74, 6) is -0.0972. The van der Waals surface area contributed by atoms with Gasteiger partial charge in [0.25, 0.3) is 0 Å². The molecule has 0 amide bonds. The van der Waals surface area contributed by atoms with E-state index in [1.807, 2.05) is 5.38 Å². The van der Waals surface area contributed by atoms with Gasteiger partial charge in [0.2, 0.25) is 5.22 Å². The van der Waals surface area contributed by atoms with Crippen LogP contribution in [-0.4, -0.2) is 5.78 Å².